The first-order valence-corrected chi connectivity index (χ1v) is 19.9. The van der Waals surface area contributed by atoms with Crippen LogP contribution in [0.4, 0.5) is 11.6 Å². The summed E-state index contributed by atoms with van der Waals surface area (Å²) in [5.41, 5.74) is 11.0. The highest BCUT2D eigenvalue weighted by Crippen LogP contribution is 2.37. The van der Waals surface area contributed by atoms with Crippen molar-refractivity contribution in [2.75, 3.05) is 29.9 Å². The van der Waals surface area contributed by atoms with Crippen LogP contribution in [-0.4, -0.2) is 77.7 Å². The van der Waals surface area contributed by atoms with Crippen LogP contribution in [0.2, 0.25) is 0 Å². The van der Waals surface area contributed by atoms with Crippen LogP contribution in [0.25, 0.3) is 16.8 Å². The zero-order valence-electron chi connectivity index (χ0n) is 30.4. The number of hydrogen-bond acceptors (Lipinski definition) is 10. The van der Waals surface area contributed by atoms with E-state index in [0.29, 0.717) is 35.7 Å². The molecular weight excluding hydrogens is 715 g/mol. The number of nitrogen functional groups attached to an aromatic ring is 1. The Labute approximate surface area is 323 Å². The Balaban J connectivity index is 0.854. The minimum atomic E-state index is -0.604. The molecule has 3 aliphatic heterocycles. The van der Waals surface area contributed by atoms with E-state index < -0.39 is 6.04 Å². The predicted octanol–water partition coefficient (Wildman–Crippen LogP) is 5.88. The molecule has 3 aliphatic rings. The number of likely N-dealkylation sites (tertiary alicyclic amines) is 1. The Kier molecular flexibility index (Phi) is 10.6. The summed E-state index contributed by atoms with van der Waals surface area (Å²) in [6, 6.07) is 18.1. The van der Waals surface area contributed by atoms with Crippen molar-refractivity contribution in [1.82, 2.24) is 34.5 Å². The van der Waals surface area contributed by atoms with Gasteiger partial charge in [0.15, 0.2) is 0 Å². The van der Waals surface area contributed by atoms with E-state index in [1.807, 2.05) is 36.5 Å². The topological polar surface area (TPSA) is 168 Å². The van der Waals surface area contributed by atoms with Gasteiger partial charge in [-0.15, -0.1) is 11.8 Å². The average Bonchev–Trinajstić information content (AvgIpc) is 3.91. The van der Waals surface area contributed by atoms with Gasteiger partial charge in [0.25, 0.3) is 11.8 Å². The molecule has 5 aromatic rings. The second-order valence-corrected chi connectivity index (χ2v) is 15.4. The lowest BCUT2D eigenvalue weighted by molar-refractivity contribution is -0.136. The summed E-state index contributed by atoms with van der Waals surface area (Å²) >= 11 is 1.77. The molecule has 4 N–H and O–H groups in total. The Hall–Kier alpha value is -5.60. The van der Waals surface area contributed by atoms with E-state index in [0.717, 1.165) is 90.4 Å². The number of imidazole rings is 1. The second-order valence-electron chi connectivity index (χ2n) is 14.2. The number of hydrogen-bond donors (Lipinski definition) is 3. The fourth-order valence-electron chi connectivity index (χ4n) is 7.96. The molecule has 0 spiro atoms. The quantitative estimate of drug-likeness (QED) is 0.0750. The molecule has 2 saturated heterocycles. The average molecular weight is 758 g/mol. The van der Waals surface area contributed by atoms with Crippen molar-refractivity contribution in [3.63, 3.8) is 0 Å². The number of unbranched alkanes of at least 4 members (excludes halogenated alkanes) is 3. The van der Waals surface area contributed by atoms with Gasteiger partial charge in [0.1, 0.15) is 34.7 Å². The number of nitrogens with one attached hydrogen (secondary N) is 2. The number of imide groups is 1. The van der Waals surface area contributed by atoms with Gasteiger partial charge >= 0.3 is 0 Å². The van der Waals surface area contributed by atoms with E-state index in [-0.39, 0.29) is 36.1 Å². The molecule has 55 heavy (non-hydrogen) atoms. The number of aromatic nitrogens is 4. The zero-order valence-corrected chi connectivity index (χ0v) is 31.3. The molecule has 282 valence electrons. The van der Waals surface area contributed by atoms with E-state index in [1.165, 1.54) is 0 Å². The molecule has 0 aliphatic carbocycles. The first kappa shape index (κ1) is 36.4. The maximum Gasteiger partial charge on any atom is 0.256 e. The maximum absolute atomic E-state index is 13.2. The van der Waals surface area contributed by atoms with Crippen molar-refractivity contribution >= 4 is 52.5 Å². The number of piperidine rings is 1. The number of rotatable bonds is 13. The lowest BCUT2D eigenvalue weighted by Crippen LogP contribution is -2.52. The van der Waals surface area contributed by atoms with Crippen molar-refractivity contribution < 1.29 is 19.2 Å². The summed E-state index contributed by atoms with van der Waals surface area (Å²) in [5.74, 6) is 1.77. The number of carbonyl (C=O) groups is 4. The van der Waals surface area contributed by atoms with Crippen molar-refractivity contribution in [3.05, 3.63) is 102 Å². The van der Waals surface area contributed by atoms with Crippen molar-refractivity contribution in [3.8, 4) is 11.3 Å². The van der Waals surface area contributed by atoms with E-state index in [1.54, 1.807) is 53.3 Å². The summed E-state index contributed by atoms with van der Waals surface area (Å²) < 4.78 is 2.08. The van der Waals surface area contributed by atoms with Gasteiger partial charge in [-0.2, -0.15) is 0 Å². The van der Waals surface area contributed by atoms with Crippen LogP contribution in [0.15, 0.2) is 84.1 Å². The number of benzene rings is 2. The van der Waals surface area contributed by atoms with Crippen LogP contribution in [0.5, 0.6) is 0 Å². The van der Waals surface area contributed by atoms with Crippen LogP contribution in [-0.2, 0) is 16.1 Å². The molecule has 4 amide bonds. The van der Waals surface area contributed by atoms with Crippen LogP contribution in [0.3, 0.4) is 0 Å². The van der Waals surface area contributed by atoms with Gasteiger partial charge in [-0.05, 0) is 92.9 Å². The minimum absolute atomic E-state index is 0.135. The molecular formula is C41H43N9O4S. The second kappa shape index (κ2) is 16.0. The standard InChI is InChI=1S/C41H43N9O4S/c42-37-36-35(26-13-15-27(16-14-26)39(52)45-33-12-3-4-19-43-33)47-38(49(36)23-20-44-37)30-10-8-22-48(30)21-5-1-2-6-24-55-32-11-7-9-28-29(32)25-50(41(28)54)31-17-18-34(51)46-40(31)53/h3-4,7,9,11-16,19-20,23,30-31H,1-2,5-6,8,10,17-18,21-22,24-25H2,(H2,42,44)(H,43,45,52)(H,46,51,53)/t30-,31?/m0/s1. The van der Waals surface area contributed by atoms with Gasteiger partial charge in [-0.3, -0.25) is 33.8 Å². The molecule has 3 aromatic heterocycles. The highest BCUT2D eigenvalue weighted by Gasteiger charge is 2.40. The summed E-state index contributed by atoms with van der Waals surface area (Å²) in [6.45, 7) is 2.39. The summed E-state index contributed by atoms with van der Waals surface area (Å²) in [6.07, 6.45) is 12.4. The number of carbonyl (C=O) groups excluding carboxylic acids is 4. The molecule has 2 fully saturated rings. The highest BCUT2D eigenvalue weighted by molar-refractivity contribution is 7.99. The minimum Gasteiger partial charge on any atom is -0.382 e. The number of anilines is 2. The normalized spacial score (nSPS) is 18.5. The molecule has 2 atom stereocenters. The third-order valence-electron chi connectivity index (χ3n) is 10.7. The van der Waals surface area contributed by atoms with Crippen LogP contribution in [0.1, 0.15) is 89.5 Å². The predicted molar refractivity (Wildman–Crippen MR) is 210 cm³/mol. The van der Waals surface area contributed by atoms with Gasteiger partial charge in [-0.25, -0.2) is 15.0 Å². The molecule has 6 heterocycles. The first-order chi connectivity index (χ1) is 26.9. The van der Waals surface area contributed by atoms with E-state index >= 15 is 0 Å². The number of fused-ring (bicyclic) bond motifs is 2. The number of amides is 4. The lowest BCUT2D eigenvalue weighted by atomic mass is 10.0. The molecule has 1 unspecified atom stereocenters. The lowest BCUT2D eigenvalue weighted by Gasteiger charge is -2.29. The van der Waals surface area contributed by atoms with Crippen LogP contribution >= 0.6 is 11.8 Å². The van der Waals surface area contributed by atoms with Gasteiger partial charge < -0.3 is 16.0 Å². The molecule has 13 nitrogen and oxygen atoms in total. The van der Waals surface area contributed by atoms with Crippen LogP contribution < -0.4 is 16.4 Å². The van der Waals surface area contributed by atoms with E-state index in [2.05, 4.69) is 36.0 Å². The van der Waals surface area contributed by atoms with Crippen molar-refractivity contribution in [2.24, 2.45) is 0 Å². The largest absolute Gasteiger partial charge is 0.382 e. The number of nitrogens with zero attached hydrogens (tertiary/aromatic N) is 6. The molecule has 0 bridgehead atoms. The summed E-state index contributed by atoms with van der Waals surface area (Å²) in [7, 11) is 0. The van der Waals surface area contributed by atoms with Gasteiger partial charge in [-0.1, -0.05) is 37.1 Å². The van der Waals surface area contributed by atoms with Crippen molar-refractivity contribution in [1.29, 1.82) is 0 Å². The van der Waals surface area contributed by atoms with Gasteiger partial charge in [0, 0.05) is 53.1 Å². The molecule has 0 radical (unpaired) electrons. The smallest absolute Gasteiger partial charge is 0.256 e. The van der Waals surface area contributed by atoms with Crippen LogP contribution in [0, 0.1) is 0 Å². The SMILES string of the molecule is Nc1nccn2c([C@@H]3CCCN3CCCCCCSc3cccc4c3CN(C3CCC(=O)NC3=O)C4=O)nc(-c3ccc(C(=O)Nc4ccccn4)cc3)c12. The Bertz CT molecular complexity index is 2240. The zero-order chi connectivity index (χ0) is 37.9. The monoisotopic (exact) mass is 757 g/mol. The molecule has 8 rings (SSSR count). The highest BCUT2D eigenvalue weighted by atomic mass is 32.2. The third kappa shape index (κ3) is 7.56. The molecule has 14 heteroatoms. The molecule has 0 saturated carbocycles. The van der Waals surface area contributed by atoms with E-state index in [4.69, 9.17) is 10.7 Å². The van der Waals surface area contributed by atoms with E-state index in [9.17, 15) is 19.2 Å². The Morgan fingerprint density at radius 1 is 0.927 bits per heavy atom. The maximum atomic E-state index is 13.2. The summed E-state index contributed by atoms with van der Waals surface area (Å²) in [5, 5.41) is 5.20. The summed E-state index contributed by atoms with van der Waals surface area (Å²) in [4.78, 5) is 69.1. The number of pyridine rings is 1. The van der Waals surface area contributed by atoms with Crippen molar-refractivity contribution in [2.45, 2.75) is 74.9 Å². The van der Waals surface area contributed by atoms with Gasteiger partial charge in [0.2, 0.25) is 11.8 Å². The fourth-order valence-corrected chi connectivity index (χ4v) is 9.05. The number of nitrogens with two attached hydrogens (primary N) is 1. The molecule has 2 aromatic carbocycles. The number of thioether (sulfide) groups is 1. The fraction of sp³-hybridized carbons (Fsp3) is 0.341. The Morgan fingerprint density at radius 2 is 1.78 bits per heavy atom. The van der Waals surface area contributed by atoms with Gasteiger partial charge in [0.05, 0.1) is 6.04 Å². The Morgan fingerprint density at radius 3 is 2.60 bits per heavy atom. The first-order valence-electron chi connectivity index (χ1n) is 18.9. The third-order valence-corrected chi connectivity index (χ3v) is 11.9.